The van der Waals surface area contributed by atoms with E-state index in [0.29, 0.717) is 29.6 Å². The SMILES string of the molecule is Cc1ccccc1-c1ccccc1CN(Cc1cccc(CN2C(C(=O)N[C@H]3C[C@H]4C[C@@H]([C@@H]3C)C4(C)C)CCS2(=O)=O)c1)[C@H](CN(C)C)CC(C)(C)C.O=C(O)C(F)(F)F. The van der Waals surface area contributed by atoms with Gasteiger partial charge in [0.1, 0.15) is 6.04 Å². The van der Waals surface area contributed by atoms with Crippen molar-refractivity contribution in [3.05, 3.63) is 95.1 Å². The van der Waals surface area contributed by atoms with E-state index in [1.807, 2.05) is 12.1 Å². The van der Waals surface area contributed by atoms with Gasteiger partial charge in [-0.3, -0.25) is 9.69 Å². The third-order valence-electron chi connectivity index (χ3n) is 13.1. The molecule has 6 atom stereocenters. The number of carboxylic acid groups (broad SMARTS) is 1. The fraction of sp³-hybridized carbons (Fsp3) is 0.574. The summed E-state index contributed by atoms with van der Waals surface area (Å²) in [6, 6.07) is 25.5. The number of hydrogen-bond acceptors (Lipinski definition) is 6. The maximum Gasteiger partial charge on any atom is 0.490 e. The van der Waals surface area contributed by atoms with Gasteiger partial charge in [-0.05, 0) is 109 Å². The second-order valence-corrected chi connectivity index (χ2v) is 21.5. The number of likely N-dealkylation sites (N-methyl/N-ethyl adjacent to an activating group) is 1. The van der Waals surface area contributed by atoms with Crippen LogP contribution in [0, 0.1) is 35.5 Å². The summed E-state index contributed by atoms with van der Waals surface area (Å²) in [5, 5.41) is 10.5. The third-order valence-corrected chi connectivity index (χ3v) is 14.9. The van der Waals surface area contributed by atoms with E-state index in [1.165, 1.54) is 33.0 Å². The molecule has 1 aliphatic heterocycles. The molecule has 7 rings (SSSR count). The van der Waals surface area contributed by atoms with Crippen LogP contribution >= 0.6 is 0 Å². The average molecular weight is 855 g/mol. The van der Waals surface area contributed by atoms with Gasteiger partial charge in [-0.2, -0.15) is 17.5 Å². The second-order valence-electron chi connectivity index (χ2n) is 19.4. The van der Waals surface area contributed by atoms with Crippen LogP contribution in [-0.2, 0) is 39.2 Å². The number of halogens is 3. The molecule has 2 N–H and O–H groups in total. The van der Waals surface area contributed by atoms with E-state index in [0.717, 1.165) is 43.6 Å². The number of carboxylic acids is 1. The molecule has 3 aromatic carbocycles. The smallest absolute Gasteiger partial charge is 0.475 e. The largest absolute Gasteiger partial charge is 0.490 e. The number of aliphatic carboxylic acids is 1. The summed E-state index contributed by atoms with van der Waals surface area (Å²) in [5.41, 5.74) is 7.58. The lowest BCUT2D eigenvalue weighted by atomic mass is 9.45. The molecule has 0 aromatic heterocycles. The molecule has 4 fully saturated rings. The van der Waals surface area contributed by atoms with Crippen LogP contribution in [-0.4, -0.2) is 90.2 Å². The summed E-state index contributed by atoms with van der Waals surface area (Å²) in [5.74, 6) is -1.26. The molecule has 60 heavy (non-hydrogen) atoms. The molecule has 2 bridgehead atoms. The highest BCUT2D eigenvalue weighted by atomic mass is 32.2. The summed E-state index contributed by atoms with van der Waals surface area (Å²) >= 11 is 0. The summed E-state index contributed by atoms with van der Waals surface area (Å²) in [4.78, 5) is 27.6. The predicted octanol–water partition coefficient (Wildman–Crippen LogP) is 8.75. The normalized spacial score (nSPS) is 24.0. The van der Waals surface area contributed by atoms with Crippen molar-refractivity contribution >= 4 is 21.9 Å². The number of alkyl halides is 3. The zero-order chi connectivity index (χ0) is 44.4. The summed E-state index contributed by atoms with van der Waals surface area (Å²) in [6.07, 6.45) is -1.50. The van der Waals surface area contributed by atoms with E-state index < -0.39 is 28.2 Å². The molecular weight excluding hydrogens is 790 g/mol. The molecule has 0 spiro atoms. The molecule has 0 radical (unpaired) electrons. The van der Waals surface area contributed by atoms with Crippen molar-refractivity contribution in [3.63, 3.8) is 0 Å². The molecule has 13 heteroatoms. The Hall–Kier alpha value is -3.78. The predicted molar refractivity (Wildman–Crippen MR) is 231 cm³/mol. The Kier molecular flexibility index (Phi) is 14.7. The van der Waals surface area contributed by atoms with Crippen LogP contribution in [0.3, 0.4) is 0 Å². The van der Waals surface area contributed by atoms with Crippen LogP contribution in [0.5, 0.6) is 0 Å². The molecule has 1 amide bonds. The van der Waals surface area contributed by atoms with Gasteiger partial charge in [0.15, 0.2) is 0 Å². The Morgan fingerprint density at radius 2 is 1.55 bits per heavy atom. The Morgan fingerprint density at radius 1 is 0.933 bits per heavy atom. The molecule has 330 valence electrons. The van der Waals surface area contributed by atoms with E-state index >= 15 is 0 Å². The minimum Gasteiger partial charge on any atom is -0.475 e. The van der Waals surface area contributed by atoms with E-state index in [4.69, 9.17) is 9.90 Å². The number of benzene rings is 3. The monoisotopic (exact) mass is 854 g/mol. The number of hydrogen-bond donors (Lipinski definition) is 2. The van der Waals surface area contributed by atoms with Crippen molar-refractivity contribution in [2.75, 3.05) is 26.4 Å². The van der Waals surface area contributed by atoms with E-state index in [2.05, 4.69) is 138 Å². The van der Waals surface area contributed by atoms with Crippen molar-refractivity contribution < 1.29 is 36.3 Å². The van der Waals surface area contributed by atoms with Crippen LogP contribution in [0.25, 0.3) is 11.1 Å². The van der Waals surface area contributed by atoms with Gasteiger partial charge in [-0.1, -0.05) is 114 Å². The molecule has 3 aromatic rings. The van der Waals surface area contributed by atoms with Crippen molar-refractivity contribution in [1.82, 2.24) is 19.4 Å². The van der Waals surface area contributed by atoms with Gasteiger partial charge in [0.05, 0.1) is 5.75 Å². The number of carbonyl (C=O) groups is 2. The fourth-order valence-corrected chi connectivity index (χ4v) is 11.5. The number of fused-ring (bicyclic) bond motifs is 2. The third kappa shape index (κ3) is 11.6. The zero-order valence-corrected chi connectivity index (χ0v) is 37.5. The van der Waals surface area contributed by atoms with E-state index in [9.17, 15) is 26.4 Å². The number of sulfonamides is 1. The number of aryl methyl sites for hydroxylation is 1. The molecule has 3 aliphatic carbocycles. The Labute approximate surface area is 355 Å². The maximum atomic E-state index is 13.8. The number of amides is 1. The molecule has 4 aliphatic rings. The summed E-state index contributed by atoms with van der Waals surface area (Å²) in [6.45, 7) is 18.7. The molecular formula is C47H65F3N4O5S. The Bertz CT molecular complexity index is 2080. The van der Waals surface area contributed by atoms with Crippen molar-refractivity contribution in [3.8, 4) is 11.1 Å². The van der Waals surface area contributed by atoms with Crippen molar-refractivity contribution in [2.45, 2.75) is 118 Å². The highest BCUT2D eigenvalue weighted by molar-refractivity contribution is 7.89. The number of rotatable bonds is 13. The first-order chi connectivity index (χ1) is 27.9. The van der Waals surface area contributed by atoms with Crippen LogP contribution in [0.1, 0.15) is 89.5 Å². The molecule has 3 saturated carbocycles. The van der Waals surface area contributed by atoms with E-state index in [-0.39, 0.29) is 35.7 Å². The molecule has 1 heterocycles. The minimum absolute atomic E-state index is 0.0103. The number of nitrogens with one attached hydrogen (secondary N) is 1. The van der Waals surface area contributed by atoms with Gasteiger partial charge in [0, 0.05) is 38.3 Å². The van der Waals surface area contributed by atoms with Gasteiger partial charge < -0.3 is 15.3 Å². The minimum atomic E-state index is -5.08. The van der Waals surface area contributed by atoms with Crippen molar-refractivity contribution in [2.24, 2.45) is 28.6 Å². The van der Waals surface area contributed by atoms with Gasteiger partial charge >= 0.3 is 12.1 Å². The van der Waals surface area contributed by atoms with Crippen LogP contribution in [0.4, 0.5) is 13.2 Å². The van der Waals surface area contributed by atoms with Crippen LogP contribution in [0.2, 0.25) is 0 Å². The first-order valence-corrected chi connectivity index (χ1v) is 22.7. The van der Waals surface area contributed by atoms with E-state index in [1.54, 1.807) is 0 Å². The average Bonchev–Trinajstić information content (AvgIpc) is 3.44. The standard InChI is InChI=1S/C45H64N4O3S.C2HF3O2/c1-31-15-10-12-19-38(31)39-20-13-11-18-35(39)29-48(37(30-47(8)9)26-44(3,4)5)27-33-16-14-17-34(23-33)28-49-42(21-22-53(49,51)52)43(50)46-41-25-36-24-40(32(41)2)45(36,6)7;3-2(4,5)1(6)7/h10-20,23,32,36-37,40-42H,21-22,24-30H2,1-9H3,(H,46,50);(H,6,7)/t32-,36+,37-,40-,41-,42?;/m0./s1. The Morgan fingerprint density at radius 3 is 2.13 bits per heavy atom. The lowest BCUT2D eigenvalue weighted by molar-refractivity contribution is -0.192. The topological polar surface area (TPSA) is 110 Å². The van der Waals surface area contributed by atoms with Gasteiger partial charge in [-0.25, -0.2) is 13.2 Å². The maximum absolute atomic E-state index is 13.8. The summed E-state index contributed by atoms with van der Waals surface area (Å²) < 4.78 is 60.2. The lowest BCUT2D eigenvalue weighted by Crippen LogP contribution is -2.61. The van der Waals surface area contributed by atoms with Crippen LogP contribution in [0.15, 0.2) is 72.8 Å². The highest BCUT2D eigenvalue weighted by Gasteiger charge is 2.57. The zero-order valence-electron chi connectivity index (χ0n) is 36.7. The van der Waals surface area contributed by atoms with Crippen molar-refractivity contribution in [1.29, 1.82) is 0 Å². The van der Waals surface area contributed by atoms with Gasteiger partial charge in [0.25, 0.3) is 0 Å². The number of carbonyl (C=O) groups excluding carboxylic acids is 1. The quantitative estimate of drug-likeness (QED) is 0.177. The first-order valence-electron chi connectivity index (χ1n) is 21.1. The van der Waals surface area contributed by atoms with Crippen LogP contribution < -0.4 is 5.32 Å². The summed E-state index contributed by atoms with van der Waals surface area (Å²) in [7, 11) is 0.744. The fourth-order valence-electron chi connectivity index (χ4n) is 9.81. The lowest BCUT2D eigenvalue weighted by Gasteiger charge is -2.62. The molecule has 9 nitrogen and oxygen atoms in total. The second kappa shape index (κ2) is 18.7. The molecule has 1 saturated heterocycles. The van der Waals surface area contributed by atoms with Gasteiger partial charge in [0.2, 0.25) is 15.9 Å². The Balaban J connectivity index is 0.000000896. The number of nitrogens with zero attached hydrogens (tertiary/aromatic N) is 3. The van der Waals surface area contributed by atoms with Gasteiger partial charge in [-0.15, -0.1) is 0 Å². The first kappa shape index (κ1) is 47.3. The molecule has 1 unspecified atom stereocenters. The highest BCUT2D eigenvalue weighted by Crippen LogP contribution is 2.61.